The van der Waals surface area contributed by atoms with Gasteiger partial charge in [0.1, 0.15) is 5.75 Å². The van der Waals surface area contributed by atoms with Crippen LogP contribution in [0.5, 0.6) is 5.75 Å². The van der Waals surface area contributed by atoms with Crippen LogP contribution in [0.25, 0.3) is 0 Å². The van der Waals surface area contributed by atoms with Gasteiger partial charge in [-0.15, -0.1) is 0 Å². The summed E-state index contributed by atoms with van der Waals surface area (Å²) >= 11 is 0. The molecule has 1 saturated carbocycles. The number of aliphatic hydroxyl groups is 1. The van der Waals surface area contributed by atoms with Crippen LogP contribution in [0.2, 0.25) is 0 Å². The number of rotatable bonds is 5. The largest absolute Gasteiger partial charge is 0.497 e. The van der Waals surface area contributed by atoms with Crippen molar-refractivity contribution in [3.8, 4) is 5.75 Å². The highest BCUT2D eigenvalue weighted by Crippen LogP contribution is 2.43. The molecular weight excluding hydrogens is 264 g/mol. The van der Waals surface area contributed by atoms with E-state index in [0.29, 0.717) is 6.42 Å². The molecule has 1 fully saturated rings. The van der Waals surface area contributed by atoms with Gasteiger partial charge in [-0.1, -0.05) is 12.1 Å². The lowest BCUT2D eigenvalue weighted by Gasteiger charge is -2.43. The minimum Gasteiger partial charge on any atom is -0.497 e. The molecule has 0 aliphatic heterocycles. The second kappa shape index (κ2) is 6.77. The molecule has 0 bridgehead atoms. The minimum absolute atomic E-state index is 0.0665. The average Bonchev–Trinajstić information content (AvgIpc) is 2.46. The van der Waals surface area contributed by atoms with Gasteiger partial charge in [0, 0.05) is 6.04 Å². The maximum Gasteiger partial charge on any atom is 0.119 e. The zero-order valence-electron chi connectivity index (χ0n) is 13.4. The summed E-state index contributed by atoms with van der Waals surface area (Å²) < 4.78 is 5.30. The minimum atomic E-state index is -0.845. The summed E-state index contributed by atoms with van der Waals surface area (Å²) in [5, 5.41) is 11.4. The van der Waals surface area contributed by atoms with Crippen molar-refractivity contribution in [3.05, 3.63) is 29.8 Å². The van der Waals surface area contributed by atoms with Gasteiger partial charge < -0.3 is 20.5 Å². The van der Waals surface area contributed by atoms with Crippen LogP contribution in [-0.2, 0) is 5.60 Å². The Hall–Kier alpha value is -1.10. The molecule has 21 heavy (non-hydrogen) atoms. The summed E-state index contributed by atoms with van der Waals surface area (Å²) in [6, 6.07) is 7.85. The molecule has 0 spiro atoms. The van der Waals surface area contributed by atoms with Crippen molar-refractivity contribution < 1.29 is 9.84 Å². The Morgan fingerprint density at radius 3 is 2.81 bits per heavy atom. The molecule has 3 unspecified atom stereocenters. The van der Waals surface area contributed by atoms with Crippen LogP contribution in [0.3, 0.4) is 0 Å². The third-order valence-corrected chi connectivity index (χ3v) is 4.63. The van der Waals surface area contributed by atoms with Gasteiger partial charge in [-0.3, -0.25) is 0 Å². The highest BCUT2D eigenvalue weighted by molar-refractivity contribution is 5.33. The Morgan fingerprint density at radius 1 is 1.38 bits per heavy atom. The quantitative estimate of drug-likeness (QED) is 0.871. The lowest BCUT2D eigenvalue weighted by molar-refractivity contribution is -0.0648. The second-order valence-corrected chi connectivity index (χ2v) is 6.49. The van der Waals surface area contributed by atoms with E-state index in [1.807, 2.05) is 24.3 Å². The van der Waals surface area contributed by atoms with E-state index in [9.17, 15) is 5.11 Å². The number of hydrogen-bond acceptors (Lipinski definition) is 4. The Morgan fingerprint density at radius 2 is 2.14 bits per heavy atom. The summed E-state index contributed by atoms with van der Waals surface area (Å²) in [5.74, 6) is 1.03. The Bertz CT molecular complexity index is 464. The van der Waals surface area contributed by atoms with Crippen molar-refractivity contribution in [2.45, 2.75) is 37.3 Å². The monoisotopic (exact) mass is 292 g/mol. The number of hydrogen-bond donors (Lipinski definition) is 2. The molecule has 4 heteroatoms. The highest BCUT2D eigenvalue weighted by atomic mass is 16.5. The van der Waals surface area contributed by atoms with E-state index in [4.69, 9.17) is 10.5 Å². The van der Waals surface area contributed by atoms with Crippen LogP contribution in [0.4, 0.5) is 0 Å². The first-order chi connectivity index (χ1) is 9.95. The van der Waals surface area contributed by atoms with Crippen molar-refractivity contribution in [1.82, 2.24) is 4.90 Å². The molecule has 1 aliphatic carbocycles. The molecule has 2 rings (SSSR count). The predicted molar refractivity (Wildman–Crippen MR) is 85.4 cm³/mol. The molecule has 1 aromatic carbocycles. The zero-order valence-corrected chi connectivity index (χ0v) is 13.4. The fourth-order valence-electron chi connectivity index (χ4n) is 3.37. The molecule has 3 atom stereocenters. The lowest BCUT2D eigenvalue weighted by atomic mass is 9.68. The van der Waals surface area contributed by atoms with Gasteiger partial charge in [-0.05, 0) is 69.9 Å². The molecule has 118 valence electrons. The van der Waals surface area contributed by atoms with E-state index in [2.05, 4.69) is 19.0 Å². The first-order valence-electron chi connectivity index (χ1n) is 7.73. The molecular formula is C17H28N2O2. The van der Waals surface area contributed by atoms with Gasteiger partial charge in [0.15, 0.2) is 0 Å². The Balaban J connectivity index is 2.27. The molecule has 0 radical (unpaired) electrons. The number of ether oxygens (including phenoxy) is 1. The van der Waals surface area contributed by atoms with Crippen molar-refractivity contribution >= 4 is 0 Å². The van der Waals surface area contributed by atoms with Crippen LogP contribution >= 0.6 is 0 Å². The van der Waals surface area contributed by atoms with Crippen LogP contribution < -0.4 is 10.5 Å². The summed E-state index contributed by atoms with van der Waals surface area (Å²) in [7, 11) is 5.79. The normalized spacial score (nSPS) is 29.6. The van der Waals surface area contributed by atoms with Gasteiger partial charge in [0.2, 0.25) is 0 Å². The van der Waals surface area contributed by atoms with E-state index in [-0.39, 0.29) is 12.0 Å². The second-order valence-electron chi connectivity index (χ2n) is 6.49. The van der Waals surface area contributed by atoms with E-state index in [1.165, 1.54) is 0 Å². The van der Waals surface area contributed by atoms with Crippen molar-refractivity contribution in [2.24, 2.45) is 11.7 Å². The predicted octanol–water partition coefficient (Wildman–Crippen LogP) is 1.96. The zero-order chi connectivity index (χ0) is 15.5. The molecule has 0 heterocycles. The topological polar surface area (TPSA) is 58.7 Å². The first-order valence-corrected chi connectivity index (χ1v) is 7.73. The highest BCUT2D eigenvalue weighted by Gasteiger charge is 2.42. The average molecular weight is 292 g/mol. The van der Waals surface area contributed by atoms with Crippen molar-refractivity contribution in [1.29, 1.82) is 0 Å². The van der Waals surface area contributed by atoms with Crippen LogP contribution in [0.1, 0.15) is 31.2 Å². The van der Waals surface area contributed by atoms with Crippen molar-refractivity contribution in [2.75, 3.05) is 27.7 Å². The maximum absolute atomic E-state index is 11.4. The van der Waals surface area contributed by atoms with Gasteiger partial charge in [0.05, 0.1) is 12.7 Å². The molecule has 1 aromatic rings. The third kappa shape index (κ3) is 3.76. The van der Waals surface area contributed by atoms with Gasteiger partial charge in [-0.25, -0.2) is 0 Å². The molecule has 3 N–H and O–H groups in total. The van der Waals surface area contributed by atoms with Gasteiger partial charge in [0.25, 0.3) is 0 Å². The van der Waals surface area contributed by atoms with E-state index in [1.54, 1.807) is 7.11 Å². The first kappa shape index (κ1) is 16.3. The molecule has 1 aliphatic rings. The summed E-state index contributed by atoms with van der Waals surface area (Å²) in [5.41, 5.74) is 6.22. The molecule has 0 saturated heterocycles. The van der Waals surface area contributed by atoms with Gasteiger partial charge in [-0.2, -0.15) is 0 Å². The van der Waals surface area contributed by atoms with Crippen LogP contribution in [-0.4, -0.2) is 43.8 Å². The fraction of sp³-hybridized carbons (Fsp3) is 0.647. The summed E-state index contributed by atoms with van der Waals surface area (Å²) in [4.78, 5) is 2.17. The summed E-state index contributed by atoms with van der Waals surface area (Å²) in [6.45, 7) is 0.978. The van der Waals surface area contributed by atoms with E-state index in [0.717, 1.165) is 37.1 Å². The van der Waals surface area contributed by atoms with Gasteiger partial charge >= 0.3 is 0 Å². The number of nitrogens with zero attached hydrogens (tertiary/aromatic N) is 1. The van der Waals surface area contributed by atoms with E-state index < -0.39 is 5.60 Å². The maximum atomic E-state index is 11.4. The number of benzene rings is 1. The number of methoxy groups -OCH3 is 1. The number of nitrogens with two attached hydrogens (primary N) is 1. The summed E-state index contributed by atoms with van der Waals surface area (Å²) in [6.07, 6.45) is 3.57. The standard InChI is InChI=1S/C17H28N2O2/c1-19(2)10-9-13-7-8-15(18)12-17(13,20)14-5-4-6-16(11-14)21-3/h4-6,11,13,15,20H,7-10,12,18H2,1-3H3. The SMILES string of the molecule is COc1cccc(C2(O)CC(N)CCC2CCN(C)C)c1. The Kier molecular flexibility index (Phi) is 5.25. The van der Waals surface area contributed by atoms with E-state index >= 15 is 0 Å². The smallest absolute Gasteiger partial charge is 0.119 e. The Labute approximate surface area is 127 Å². The molecule has 0 aromatic heterocycles. The fourth-order valence-corrected chi connectivity index (χ4v) is 3.37. The van der Waals surface area contributed by atoms with Crippen molar-refractivity contribution in [3.63, 3.8) is 0 Å². The van der Waals surface area contributed by atoms with Crippen LogP contribution in [0.15, 0.2) is 24.3 Å². The van der Waals surface area contributed by atoms with Crippen LogP contribution in [0, 0.1) is 5.92 Å². The molecule has 0 amide bonds. The lowest BCUT2D eigenvalue weighted by Crippen LogP contribution is -2.46. The third-order valence-electron chi connectivity index (χ3n) is 4.63. The molecule has 4 nitrogen and oxygen atoms in total.